The van der Waals surface area contributed by atoms with Crippen LogP contribution in [0.2, 0.25) is 0 Å². The number of aliphatic hydroxyl groups excluding tert-OH is 1. The zero-order valence-corrected chi connectivity index (χ0v) is 19.6. The van der Waals surface area contributed by atoms with E-state index in [0.29, 0.717) is 10.8 Å². The Bertz CT molecular complexity index is 618. The van der Waals surface area contributed by atoms with E-state index in [4.69, 9.17) is 4.74 Å². The molecule has 4 aliphatic carbocycles. The molecule has 0 aromatic carbocycles. The molecule has 1 aliphatic heterocycles. The fourth-order valence-corrected chi connectivity index (χ4v) is 9.65. The van der Waals surface area contributed by atoms with E-state index in [2.05, 4.69) is 27.7 Å². The van der Waals surface area contributed by atoms with Crippen LogP contribution in [0.15, 0.2) is 0 Å². The molecule has 29 heavy (non-hydrogen) atoms. The summed E-state index contributed by atoms with van der Waals surface area (Å²) in [5.74, 6) is 5.84. The average molecular weight is 403 g/mol. The number of hydrogen-bond donors (Lipinski definition) is 1. The summed E-state index contributed by atoms with van der Waals surface area (Å²) in [7, 11) is 0. The maximum atomic E-state index is 9.65. The van der Waals surface area contributed by atoms with E-state index in [1.54, 1.807) is 6.42 Å². The Balaban J connectivity index is 1.25. The predicted octanol–water partition coefficient (Wildman–Crippen LogP) is 6.95. The minimum atomic E-state index is -0.502. The fourth-order valence-electron chi connectivity index (χ4n) is 9.65. The van der Waals surface area contributed by atoms with E-state index in [-0.39, 0.29) is 5.60 Å². The maximum Gasteiger partial charge on any atom is 0.184 e. The Hall–Kier alpha value is -0.0800. The first-order valence-electron chi connectivity index (χ1n) is 13.1. The van der Waals surface area contributed by atoms with Gasteiger partial charge < -0.3 is 9.84 Å². The van der Waals surface area contributed by atoms with Crippen molar-refractivity contribution in [3.8, 4) is 0 Å². The number of ether oxygens (including phenoxy) is 1. The molecule has 2 heteroatoms. The molecule has 0 aromatic heterocycles. The lowest BCUT2D eigenvalue weighted by molar-refractivity contribution is -0.114. The summed E-state index contributed by atoms with van der Waals surface area (Å²) in [5.41, 5.74) is 1.04. The van der Waals surface area contributed by atoms with E-state index in [1.807, 2.05) is 0 Å². The van der Waals surface area contributed by atoms with Crippen molar-refractivity contribution in [1.82, 2.24) is 0 Å². The zero-order chi connectivity index (χ0) is 20.4. The second kappa shape index (κ2) is 7.22. The quantitative estimate of drug-likeness (QED) is 0.505. The van der Waals surface area contributed by atoms with Gasteiger partial charge in [0.1, 0.15) is 5.60 Å². The van der Waals surface area contributed by atoms with Gasteiger partial charge in [-0.25, -0.2) is 0 Å². The van der Waals surface area contributed by atoms with Crippen LogP contribution in [0, 0.1) is 46.3 Å². The van der Waals surface area contributed by atoms with E-state index in [0.717, 1.165) is 41.9 Å². The smallest absolute Gasteiger partial charge is 0.184 e. The molecule has 166 valence electrons. The highest BCUT2D eigenvalue weighted by Gasteiger charge is 2.60. The largest absolute Gasteiger partial charge is 0.366 e. The van der Waals surface area contributed by atoms with Gasteiger partial charge in [0.05, 0.1) is 0 Å². The summed E-state index contributed by atoms with van der Waals surface area (Å²) < 4.78 is 5.38. The maximum absolute atomic E-state index is 9.65. The van der Waals surface area contributed by atoms with Gasteiger partial charge in [-0.3, -0.25) is 0 Å². The third kappa shape index (κ3) is 3.25. The lowest BCUT2D eigenvalue weighted by Gasteiger charge is -2.61. The van der Waals surface area contributed by atoms with Crippen molar-refractivity contribution < 1.29 is 9.84 Å². The van der Waals surface area contributed by atoms with Crippen LogP contribution in [0.3, 0.4) is 0 Å². The molecule has 4 unspecified atom stereocenters. The van der Waals surface area contributed by atoms with Gasteiger partial charge in [-0.2, -0.15) is 0 Å². The van der Waals surface area contributed by atoms with Crippen LogP contribution in [0.5, 0.6) is 0 Å². The highest BCUT2D eigenvalue weighted by atomic mass is 16.7. The lowest BCUT2D eigenvalue weighted by atomic mass is 9.44. The first-order valence-corrected chi connectivity index (χ1v) is 13.1. The van der Waals surface area contributed by atoms with E-state index in [9.17, 15) is 5.11 Å². The summed E-state index contributed by atoms with van der Waals surface area (Å²) in [6.07, 6.45) is 18.2. The van der Waals surface area contributed by atoms with Crippen molar-refractivity contribution >= 4 is 0 Å². The molecule has 0 spiro atoms. The van der Waals surface area contributed by atoms with Gasteiger partial charge in [-0.15, -0.1) is 0 Å². The van der Waals surface area contributed by atoms with Crippen LogP contribution < -0.4 is 0 Å². The predicted molar refractivity (Wildman–Crippen MR) is 118 cm³/mol. The number of rotatable bonds is 5. The third-order valence-corrected chi connectivity index (χ3v) is 11.5. The number of epoxide rings is 1. The van der Waals surface area contributed by atoms with Gasteiger partial charge in [-0.1, -0.05) is 46.5 Å². The van der Waals surface area contributed by atoms with Crippen LogP contribution in [-0.4, -0.2) is 17.0 Å². The van der Waals surface area contributed by atoms with Gasteiger partial charge in [0.15, 0.2) is 6.29 Å². The van der Waals surface area contributed by atoms with Crippen LogP contribution >= 0.6 is 0 Å². The van der Waals surface area contributed by atoms with Gasteiger partial charge >= 0.3 is 0 Å². The number of aliphatic hydroxyl groups is 1. The van der Waals surface area contributed by atoms with Crippen LogP contribution in [-0.2, 0) is 4.74 Å². The number of fused-ring (bicyclic) bond motifs is 5. The first kappa shape index (κ1) is 20.8. The topological polar surface area (TPSA) is 32.8 Å². The second-order valence-electron chi connectivity index (χ2n) is 12.8. The molecule has 5 aliphatic rings. The monoisotopic (exact) mass is 402 g/mol. The number of hydrogen-bond acceptors (Lipinski definition) is 2. The Morgan fingerprint density at radius 2 is 1.66 bits per heavy atom. The summed E-state index contributed by atoms with van der Waals surface area (Å²) in [6.45, 7) is 10.0. The van der Waals surface area contributed by atoms with Gasteiger partial charge in [-0.05, 0) is 111 Å². The van der Waals surface area contributed by atoms with Gasteiger partial charge in [0, 0.05) is 0 Å². The second-order valence-corrected chi connectivity index (χ2v) is 12.8. The average Bonchev–Trinajstić information content (AvgIpc) is 3.11. The third-order valence-electron chi connectivity index (χ3n) is 11.5. The van der Waals surface area contributed by atoms with Gasteiger partial charge in [0.25, 0.3) is 0 Å². The lowest BCUT2D eigenvalue weighted by Crippen LogP contribution is -2.53. The molecule has 1 N–H and O–H groups in total. The standard InChI is InChI=1S/C27H46O2/c1-18(8-7-16-27(4)24(28)29-27)21-12-13-22-20-11-10-19-9-5-6-15-25(19,2)23(20)14-17-26(21,22)3/h18-24,28H,5-17H2,1-4H3/t18?,19?,20-,21+,22-,23-,24?,25-,26+,27?/m0/s1. The molecule has 5 fully saturated rings. The molecule has 1 heterocycles. The Morgan fingerprint density at radius 1 is 0.897 bits per heavy atom. The SMILES string of the molecule is CC(CCCC1(C)OC1O)[C@H]1CC[C@H]2[C@@H]3CCC4CCCC[C@]4(C)[C@H]3CC[C@]12C. The summed E-state index contributed by atoms with van der Waals surface area (Å²) in [5, 5.41) is 9.65. The zero-order valence-electron chi connectivity index (χ0n) is 19.6. The summed E-state index contributed by atoms with van der Waals surface area (Å²) >= 11 is 0. The molecule has 4 saturated carbocycles. The molecule has 1 saturated heterocycles. The fraction of sp³-hybridized carbons (Fsp3) is 1.00. The van der Waals surface area contributed by atoms with Crippen molar-refractivity contribution in [2.45, 2.75) is 123 Å². The van der Waals surface area contributed by atoms with Crippen molar-refractivity contribution in [2.75, 3.05) is 0 Å². The molecular weight excluding hydrogens is 356 g/mol. The van der Waals surface area contributed by atoms with E-state index >= 15 is 0 Å². The molecule has 10 atom stereocenters. The van der Waals surface area contributed by atoms with Crippen LogP contribution in [0.4, 0.5) is 0 Å². The van der Waals surface area contributed by atoms with Crippen LogP contribution in [0.1, 0.15) is 111 Å². The summed E-state index contributed by atoms with van der Waals surface area (Å²) in [4.78, 5) is 0. The Kier molecular flexibility index (Phi) is 5.18. The Morgan fingerprint density at radius 3 is 2.41 bits per heavy atom. The van der Waals surface area contributed by atoms with Crippen LogP contribution in [0.25, 0.3) is 0 Å². The molecule has 0 amide bonds. The molecule has 0 radical (unpaired) electrons. The van der Waals surface area contributed by atoms with E-state index < -0.39 is 6.29 Å². The van der Waals surface area contributed by atoms with Crippen molar-refractivity contribution in [3.63, 3.8) is 0 Å². The molecule has 5 rings (SSSR count). The van der Waals surface area contributed by atoms with Crippen molar-refractivity contribution in [2.24, 2.45) is 46.3 Å². The van der Waals surface area contributed by atoms with Gasteiger partial charge in [0.2, 0.25) is 0 Å². The first-order chi connectivity index (χ1) is 13.8. The van der Waals surface area contributed by atoms with Crippen molar-refractivity contribution in [1.29, 1.82) is 0 Å². The van der Waals surface area contributed by atoms with Crippen molar-refractivity contribution in [3.05, 3.63) is 0 Å². The Labute approximate surface area is 179 Å². The molecule has 2 nitrogen and oxygen atoms in total. The van der Waals surface area contributed by atoms with E-state index in [1.165, 1.54) is 70.6 Å². The minimum absolute atomic E-state index is 0.228. The normalized spacial score (nSPS) is 54.9. The summed E-state index contributed by atoms with van der Waals surface area (Å²) in [6, 6.07) is 0. The molecule has 0 aromatic rings. The molecular formula is C27H46O2. The highest BCUT2D eigenvalue weighted by molar-refractivity contribution is 5.09. The highest BCUT2D eigenvalue weighted by Crippen LogP contribution is 2.68. The molecule has 0 bridgehead atoms. The minimum Gasteiger partial charge on any atom is -0.366 e.